The van der Waals surface area contributed by atoms with Crippen molar-refractivity contribution in [3.8, 4) is 0 Å². The van der Waals surface area contributed by atoms with E-state index in [-0.39, 0.29) is 5.56 Å². The Kier molecular flexibility index (Phi) is 2.30. The largest absolute Gasteiger partial charge is 0.393 e. The highest BCUT2D eigenvalue weighted by Crippen LogP contribution is 2.22. The van der Waals surface area contributed by atoms with Crippen molar-refractivity contribution in [2.45, 2.75) is 12.6 Å². The van der Waals surface area contributed by atoms with E-state index in [2.05, 4.69) is 9.97 Å². The van der Waals surface area contributed by atoms with Gasteiger partial charge in [0.2, 0.25) is 0 Å². The third-order valence-electron chi connectivity index (χ3n) is 1.98. The van der Waals surface area contributed by atoms with Crippen LogP contribution < -0.4 is 0 Å². The highest BCUT2D eigenvalue weighted by molar-refractivity contribution is 5.77. The van der Waals surface area contributed by atoms with Crippen molar-refractivity contribution in [3.63, 3.8) is 0 Å². The molecular formula is C10H7F3N2. The van der Waals surface area contributed by atoms with Crippen LogP contribution in [0.4, 0.5) is 13.2 Å². The maximum absolute atomic E-state index is 12.1. The van der Waals surface area contributed by atoms with Gasteiger partial charge in [-0.1, -0.05) is 12.1 Å². The summed E-state index contributed by atoms with van der Waals surface area (Å²) in [5.74, 6) is 0. The van der Waals surface area contributed by atoms with Crippen molar-refractivity contribution in [1.29, 1.82) is 0 Å². The standard InChI is InChI=1S/C10H7F3N2/c11-10(12,13)4-7-1-2-8-5-14-6-15-9(8)3-7/h1-3,5-6H,4H2. The van der Waals surface area contributed by atoms with Gasteiger partial charge in [0.05, 0.1) is 11.9 Å². The van der Waals surface area contributed by atoms with Gasteiger partial charge in [-0.25, -0.2) is 9.97 Å². The molecule has 0 unspecified atom stereocenters. The first-order valence-corrected chi connectivity index (χ1v) is 4.30. The summed E-state index contributed by atoms with van der Waals surface area (Å²) in [7, 11) is 0. The molecule has 5 heteroatoms. The molecule has 78 valence electrons. The molecule has 15 heavy (non-hydrogen) atoms. The van der Waals surface area contributed by atoms with Gasteiger partial charge in [0.15, 0.2) is 0 Å². The van der Waals surface area contributed by atoms with Crippen LogP contribution in [0.2, 0.25) is 0 Å². The summed E-state index contributed by atoms with van der Waals surface area (Å²) in [4.78, 5) is 7.68. The average molecular weight is 212 g/mol. The lowest BCUT2D eigenvalue weighted by Crippen LogP contribution is -2.11. The van der Waals surface area contributed by atoms with Gasteiger partial charge in [0.1, 0.15) is 6.33 Å². The van der Waals surface area contributed by atoms with Gasteiger partial charge in [0.25, 0.3) is 0 Å². The fourth-order valence-corrected chi connectivity index (χ4v) is 1.36. The van der Waals surface area contributed by atoms with E-state index in [1.807, 2.05) is 0 Å². The Morgan fingerprint density at radius 3 is 2.73 bits per heavy atom. The first kappa shape index (κ1) is 9.89. The monoisotopic (exact) mass is 212 g/mol. The van der Waals surface area contributed by atoms with Crippen LogP contribution >= 0.6 is 0 Å². The van der Waals surface area contributed by atoms with Crippen LogP contribution in [0.25, 0.3) is 10.9 Å². The molecule has 1 aromatic carbocycles. The Bertz CT molecular complexity index is 479. The topological polar surface area (TPSA) is 25.8 Å². The number of fused-ring (bicyclic) bond motifs is 1. The second-order valence-electron chi connectivity index (χ2n) is 3.21. The number of hydrogen-bond acceptors (Lipinski definition) is 2. The second-order valence-corrected chi connectivity index (χ2v) is 3.21. The average Bonchev–Trinajstić information content (AvgIpc) is 2.15. The lowest BCUT2D eigenvalue weighted by Gasteiger charge is -2.06. The van der Waals surface area contributed by atoms with E-state index in [9.17, 15) is 13.2 Å². The third-order valence-corrected chi connectivity index (χ3v) is 1.98. The number of alkyl halides is 3. The minimum Gasteiger partial charge on any atom is -0.244 e. The fraction of sp³-hybridized carbons (Fsp3) is 0.200. The van der Waals surface area contributed by atoms with Crippen LogP contribution in [-0.2, 0) is 6.42 Å². The van der Waals surface area contributed by atoms with Crippen molar-refractivity contribution in [2.24, 2.45) is 0 Å². The Morgan fingerprint density at radius 1 is 1.20 bits per heavy atom. The van der Waals surface area contributed by atoms with Crippen LogP contribution in [0.5, 0.6) is 0 Å². The predicted octanol–water partition coefficient (Wildman–Crippen LogP) is 2.73. The van der Waals surface area contributed by atoms with E-state index >= 15 is 0 Å². The molecule has 1 aromatic heterocycles. The van der Waals surface area contributed by atoms with Crippen LogP contribution in [0, 0.1) is 0 Å². The summed E-state index contributed by atoms with van der Waals surface area (Å²) in [6.45, 7) is 0. The normalized spacial score (nSPS) is 11.9. The first-order valence-electron chi connectivity index (χ1n) is 4.30. The molecule has 0 aliphatic heterocycles. The third kappa shape index (κ3) is 2.43. The van der Waals surface area contributed by atoms with Crippen molar-refractivity contribution >= 4 is 10.9 Å². The number of rotatable bonds is 1. The quantitative estimate of drug-likeness (QED) is 0.726. The minimum absolute atomic E-state index is 0.216. The molecule has 0 N–H and O–H groups in total. The number of hydrogen-bond donors (Lipinski definition) is 0. The molecular weight excluding hydrogens is 205 g/mol. The van der Waals surface area contributed by atoms with E-state index in [0.717, 1.165) is 5.39 Å². The van der Waals surface area contributed by atoms with Crippen LogP contribution in [-0.4, -0.2) is 16.1 Å². The summed E-state index contributed by atoms with van der Waals surface area (Å²) in [5.41, 5.74) is 0.750. The van der Waals surface area contributed by atoms with Gasteiger partial charge < -0.3 is 0 Å². The highest BCUT2D eigenvalue weighted by atomic mass is 19.4. The highest BCUT2D eigenvalue weighted by Gasteiger charge is 2.27. The van der Waals surface area contributed by atoms with Gasteiger partial charge in [0, 0.05) is 11.6 Å². The summed E-state index contributed by atoms with van der Waals surface area (Å²) >= 11 is 0. The molecule has 1 heterocycles. The second kappa shape index (κ2) is 3.49. The Hall–Kier alpha value is -1.65. The molecule has 0 spiro atoms. The summed E-state index contributed by atoms with van der Waals surface area (Å²) in [5, 5.41) is 0.739. The maximum Gasteiger partial charge on any atom is 0.393 e. The molecule has 2 rings (SSSR count). The first-order chi connectivity index (χ1) is 7.04. The summed E-state index contributed by atoms with van der Waals surface area (Å²) in [6, 6.07) is 4.47. The van der Waals surface area contributed by atoms with E-state index < -0.39 is 12.6 Å². The molecule has 0 saturated heterocycles. The van der Waals surface area contributed by atoms with Crippen molar-refractivity contribution < 1.29 is 13.2 Å². The number of aromatic nitrogens is 2. The molecule has 2 nitrogen and oxygen atoms in total. The number of nitrogens with zero attached hydrogens (tertiary/aromatic N) is 2. The molecule has 0 aliphatic carbocycles. The van der Waals surface area contributed by atoms with Gasteiger partial charge in [-0.3, -0.25) is 0 Å². The smallest absolute Gasteiger partial charge is 0.244 e. The van der Waals surface area contributed by atoms with Gasteiger partial charge >= 0.3 is 6.18 Å². The summed E-state index contributed by atoms with van der Waals surface area (Å²) in [6.07, 6.45) is -2.22. The molecule has 0 saturated carbocycles. The Labute approximate surface area is 83.8 Å². The molecule has 0 radical (unpaired) electrons. The molecule has 0 bridgehead atoms. The molecule has 0 atom stereocenters. The minimum atomic E-state index is -4.18. The fourth-order valence-electron chi connectivity index (χ4n) is 1.36. The van der Waals surface area contributed by atoms with Crippen molar-refractivity contribution in [2.75, 3.05) is 0 Å². The van der Waals surface area contributed by atoms with E-state index in [0.29, 0.717) is 5.52 Å². The Balaban J connectivity index is 2.39. The SMILES string of the molecule is FC(F)(F)Cc1ccc2cncnc2c1. The molecule has 0 aliphatic rings. The lowest BCUT2D eigenvalue weighted by atomic mass is 10.1. The van der Waals surface area contributed by atoms with E-state index in [1.54, 1.807) is 12.3 Å². The summed E-state index contributed by atoms with van der Waals surface area (Å²) < 4.78 is 36.3. The zero-order chi connectivity index (χ0) is 10.9. The lowest BCUT2D eigenvalue weighted by molar-refractivity contribution is -0.127. The number of benzene rings is 1. The zero-order valence-electron chi connectivity index (χ0n) is 7.62. The van der Waals surface area contributed by atoms with Crippen molar-refractivity contribution in [1.82, 2.24) is 9.97 Å². The Morgan fingerprint density at radius 2 is 2.00 bits per heavy atom. The van der Waals surface area contributed by atoms with Crippen molar-refractivity contribution in [3.05, 3.63) is 36.3 Å². The van der Waals surface area contributed by atoms with Crippen LogP contribution in [0.3, 0.4) is 0 Å². The van der Waals surface area contributed by atoms with Gasteiger partial charge in [-0.05, 0) is 11.6 Å². The van der Waals surface area contributed by atoms with E-state index in [4.69, 9.17) is 0 Å². The van der Waals surface area contributed by atoms with Crippen LogP contribution in [0.15, 0.2) is 30.7 Å². The van der Waals surface area contributed by atoms with E-state index in [1.165, 1.54) is 18.5 Å². The van der Waals surface area contributed by atoms with Crippen LogP contribution in [0.1, 0.15) is 5.56 Å². The molecule has 0 amide bonds. The number of halogens is 3. The molecule has 0 fully saturated rings. The van der Waals surface area contributed by atoms with Gasteiger partial charge in [-0.15, -0.1) is 0 Å². The van der Waals surface area contributed by atoms with Gasteiger partial charge in [-0.2, -0.15) is 13.2 Å². The zero-order valence-corrected chi connectivity index (χ0v) is 7.62. The predicted molar refractivity (Wildman–Crippen MR) is 49.3 cm³/mol. The maximum atomic E-state index is 12.1. The molecule has 2 aromatic rings.